The number of halogens is 1. The average Bonchev–Trinajstić information content (AvgIpc) is 2.73. The minimum Gasteiger partial charge on any atom is -1.00 e. The van der Waals surface area contributed by atoms with Gasteiger partial charge in [0.1, 0.15) is 17.1 Å². The summed E-state index contributed by atoms with van der Waals surface area (Å²) in [5.74, 6) is 1.40. The van der Waals surface area contributed by atoms with Crippen molar-refractivity contribution in [2.24, 2.45) is 0 Å². The predicted molar refractivity (Wildman–Crippen MR) is 111 cm³/mol. The van der Waals surface area contributed by atoms with Gasteiger partial charge in [0.05, 0.1) is 38.2 Å². The maximum Gasteiger partial charge on any atom is 0.196 e. The van der Waals surface area contributed by atoms with Gasteiger partial charge in [-0.25, -0.2) is 0 Å². The lowest BCUT2D eigenvalue weighted by Crippen LogP contribution is -3.11. The number of likely N-dealkylation sites (N-methyl/N-ethyl adjacent to an activating group) is 1. The van der Waals surface area contributed by atoms with Gasteiger partial charge in [-0.15, -0.1) is 0 Å². The van der Waals surface area contributed by atoms with Crippen LogP contribution < -0.4 is 27.5 Å². The van der Waals surface area contributed by atoms with Gasteiger partial charge in [-0.2, -0.15) is 0 Å². The second-order valence-electron chi connectivity index (χ2n) is 7.61. The van der Waals surface area contributed by atoms with Crippen LogP contribution in [0.15, 0.2) is 51.7 Å². The van der Waals surface area contributed by atoms with E-state index in [4.69, 9.17) is 9.15 Å². The van der Waals surface area contributed by atoms with Crippen molar-refractivity contribution in [3.05, 3.63) is 63.8 Å². The molecule has 0 unspecified atom stereocenters. The first-order chi connectivity index (χ1) is 13.6. The van der Waals surface area contributed by atoms with Crippen molar-refractivity contribution in [3.8, 4) is 17.1 Å². The Kier molecular flexibility index (Phi) is 6.63. The molecule has 154 valence electrons. The summed E-state index contributed by atoms with van der Waals surface area (Å²) in [5.41, 5.74) is 3.16. The number of hydrogen-bond acceptors (Lipinski definition) is 4. The van der Waals surface area contributed by atoms with E-state index < -0.39 is 0 Å². The van der Waals surface area contributed by atoms with E-state index in [1.807, 2.05) is 49.4 Å². The van der Waals surface area contributed by atoms with Crippen LogP contribution in [-0.2, 0) is 6.54 Å². The van der Waals surface area contributed by atoms with Crippen LogP contribution in [0.3, 0.4) is 0 Å². The minimum absolute atomic E-state index is 0. The lowest BCUT2D eigenvalue weighted by Gasteiger charge is -2.30. The second kappa shape index (κ2) is 8.99. The van der Waals surface area contributed by atoms with E-state index in [0.29, 0.717) is 28.8 Å². The second-order valence-corrected chi connectivity index (χ2v) is 7.61. The fourth-order valence-corrected chi connectivity index (χ4v) is 3.91. The Balaban J connectivity index is 0.00000240. The van der Waals surface area contributed by atoms with Gasteiger partial charge in [0, 0.05) is 30.8 Å². The first-order valence-electron chi connectivity index (χ1n) is 9.81. The van der Waals surface area contributed by atoms with Crippen LogP contribution in [0.2, 0.25) is 0 Å². The Morgan fingerprint density at radius 3 is 2.45 bits per heavy atom. The summed E-state index contributed by atoms with van der Waals surface area (Å²) in [6, 6.07) is 13.5. The number of nitrogens with one attached hydrogen (secondary N) is 1. The smallest absolute Gasteiger partial charge is 0.196 e. The Labute approximate surface area is 177 Å². The van der Waals surface area contributed by atoms with Gasteiger partial charge in [0.15, 0.2) is 5.43 Å². The SMILES string of the molecule is COc1ccc2c(=O)c(C)c(-c3ccccc3)oc2c1CN1CC[NH+](C)CC1.[Cl-]. The maximum absolute atomic E-state index is 13.1. The number of fused-ring (bicyclic) bond motifs is 1. The molecule has 5 nitrogen and oxygen atoms in total. The van der Waals surface area contributed by atoms with E-state index >= 15 is 0 Å². The van der Waals surface area contributed by atoms with E-state index in [-0.39, 0.29) is 17.8 Å². The molecule has 3 aromatic rings. The van der Waals surface area contributed by atoms with E-state index in [0.717, 1.165) is 43.1 Å². The highest BCUT2D eigenvalue weighted by atomic mass is 35.5. The Hall–Kier alpha value is -2.34. The standard InChI is InChI=1S/C23H26N2O3.ClH/c1-16-21(26)18-9-10-20(27-3)19(15-25-13-11-24(2)12-14-25)23(18)28-22(16)17-7-5-4-6-8-17;/h4-10H,11-15H2,1-3H3;1H. The van der Waals surface area contributed by atoms with Crippen LogP contribution in [0, 0.1) is 6.92 Å². The molecule has 0 radical (unpaired) electrons. The molecule has 2 heterocycles. The number of nitrogens with zero attached hydrogens (tertiary/aromatic N) is 1. The topological polar surface area (TPSA) is 47.1 Å². The van der Waals surface area contributed by atoms with Crippen LogP contribution >= 0.6 is 0 Å². The van der Waals surface area contributed by atoms with Crippen LogP contribution in [0.5, 0.6) is 5.75 Å². The number of benzene rings is 2. The molecule has 0 amide bonds. The fourth-order valence-electron chi connectivity index (χ4n) is 3.91. The molecular weight excluding hydrogens is 388 g/mol. The van der Waals surface area contributed by atoms with Gasteiger partial charge < -0.3 is 26.5 Å². The molecule has 1 aliphatic heterocycles. The summed E-state index contributed by atoms with van der Waals surface area (Å²) >= 11 is 0. The van der Waals surface area contributed by atoms with E-state index in [2.05, 4.69) is 11.9 Å². The van der Waals surface area contributed by atoms with E-state index in [1.54, 1.807) is 12.0 Å². The van der Waals surface area contributed by atoms with Crippen molar-refractivity contribution in [2.45, 2.75) is 13.5 Å². The molecule has 1 N–H and O–H groups in total. The molecule has 6 heteroatoms. The van der Waals surface area contributed by atoms with Crippen molar-refractivity contribution in [1.29, 1.82) is 0 Å². The molecule has 4 rings (SSSR count). The quantitative estimate of drug-likeness (QED) is 0.602. The van der Waals surface area contributed by atoms with Gasteiger partial charge in [-0.05, 0) is 19.1 Å². The molecule has 0 aliphatic carbocycles. The Morgan fingerprint density at radius 1 is 1.10 bits per heavy atom. The van der Waals surface area contributed by atoms with Crippen molar-refractivity contribution in [3.63, 3.8) is 0 Å². The van der Waals surface area contributed by atoms with Crippen molar-refractivity contribution < 1.29 is 26.5 Å². The molecule has 0 atom stereocenters. The molecule has 1 aliphatic rings. The summed E-state index contributed by atoms with van der Waals surface area (Å²) in [5, 5.41) is 0.618. The van der Waals surface area contributed by atoms with Gasteiger partial charge in [0.25, 0.3) is 0 Å². The molecule has 0 spiro atoms. The first kappa shape index (κ1) is 21.4. The highest BCUT2D eigenvalue weighted by molar-refractivity contribution is 5.85. The molecule has 0 saturated carbocycles. The number of piperazine rings is 1. The molecule has 1 aromatic heterocycles. The number of ether oxygens (including phenoxy) is 1. The minimum atomic E-state index is 0. The normalized spacial score (nSPS) is 15.3. The average molecular weight is 415 g/mol. The lowest BCUT2D eigenvalue weighted by molar-refractivity contribution is -0.884. The summed E-state index contributed by atoms with van der Waals surface area (Å²) in [6.45, 7) is 6.83. The van der Waals surface area contributed by atoms with Gasteiger partial charge in [0.2, 0.25) is 0 Å². The molecular formula is C23H27ClN2O3. The first-order valence-corrected chi connectivity index (χ1v) is 9.81. The highest BCUT2D eigenvalue weighted by Gasteiger charge is 2.22. The summed E-state index contributed by atoms with van der Waals surface area (Å²) in [7, 11) is 3.90. The zero-order chi connectivity index (χ0) is 19.7. The number of hydrogen-bond donors (Lipinski definition) is 1. The van der Waals surface area contributed by atoms with E-state index in [9.17, 15) is 4.79 Å². The predicted octanol–water partition coefficient (Wildman–Crippen LogP) is -0.889. The largest absolute Gasteiger partial charge is 1.00 e. The Morgan fingerprint density at radius 2 is 1.79 bits per heavy atom. The third-order valence-electron chi connectivity index (χ3n) is 5.69. The number of methoxy groups -OCH3 is 1. The number of rotatable bonds is 4. The van der Waals surface area contributed by atoms with Crippen molar-refractivity contribution in [1.82, 2.24) is 4.90 Å². The summed E-state index contributed by atoms with van der Waals surface area (Å²) in [4.78, 5) is 17.1. The summed E-state index contributed by atoms with van der Waals surface area (Å²) < 4.78 is 12.0. The van der Waals surface area contributed by atoms with Crippen LogP contribution in [-0.4, -0.2) is 45.2 Å². The van der Waals surface area contributed by atoms with Gasteiger partial charge in [-0.1, -0.05) is 30.3 Å². The maximum atomic E-state index is 13.1. The zero-order valence-corrected chi connectivity index (χ0v) is 17.9. The van der Waals surface area contributed by atoms with Gasteiger partial charge >= 0.3 is 0 Å². The number of quaternary nitrogens is 1. The zero-order valence-electron chi connectivity index (χ0n) is 17.1. The monoisotopic (exact) mass is 414 g/mol. The van der Waals surface area contributed by atoms with Crippen LogP contribution in [0.4, 0.5) is 0 Å². The Bertz CT molecular complexity index is 1040. The van der Waals surface area contributed by atoms with Crippen LogP contribution in [0.25, 0.3) is 22.3 Å². The molecule has 1 saturated heterocycles. The van der Waals surface area contributed by atoms with Crippen molar-refractivity contribution in [2.75, 3.05) is 40.3 Å². The molecule has 29 heavy (non-hydrogen) atoms. The third-order valence-corrected chi connectivity index (χ3v) is 5.69. The van der Waals surface area contributed by atoms with Crippen LogP contribution in [0.1, 0.15) is 11.1 Å². The molecule has 2 aromatic carbocycles. The molecule has 1 fully saturated rings. The summed E-state index contributed by atoms with van der Waals surface area (Å²) in [6.07, 6.45) is 0. The lowest BCUT2D eigenvalue weighted by atomic mass is 10.0. The fraction of sp³-hybridized carbons (Fsp3) is 0.348. The van der Waals surface area contributed by atoms with Gasteiger partial charge in [-0.3, -0.25) is 9.69 Å². The van der Waals surface area contributed by atoms with E-state index in [1.165, 1.54) is 0 Å². The molecule has 0 bridgehead atoms. The third kappa shape index (κ3) is 4.17. The highest BCUT2D eigenvalue weighted by Crippen LogP contribution is 2.32. The van der Waals surface area contributed by atoms with Crippen molar-refractivity contribution >= 4 is 11.0 Å².